The smallest absolute Gasteiger partial charge is 0.238 e. The minimum Gasteiger partial charge on any atom is -0.325 e. The summed E-state index contributed by atoms with van der Waals surface area (Å²) >= 11 is 1.30. The molecule has 1 heterocycles. The molecule has 0 saturated heterocycles. The molecule has 0 radical (unpaired) electrons. The minimum absolute atomic E-state index is 0.0240. The molecular weight excluding hydrogens is 410 g/mol. The van der Waals surface area contributed by atoms with E-state index in [1.807, 2.05) is 28.8 Å². The molecule has 2 aromatic carbocycles. The van der Waals surface area contributed by atoms with E-state index in [0.717, 1.165) is 11.0 Å². The Morgan fingerprint density at radius 2 is 1.97 bits per heavy atom. The van der Waals surface area contributed by atoms with Gasteiger partial charge in [0.15, 0.2) is 5.16 Å². The SMILES string of the molecule is CC(Sc1nc2ccccc2n1CCC#N)C(=O)Nc1ccc(S(N)(=O)=O)cc1. The van der Waals surface area contributed by atoms with E-state index in [-0.39, 0.29) is 10.8 Å². The number of nitrogens with one attached hydrogen (secondary N) is 1. The van der Waals surface area contributed by atoms with E-state index in [2.05, 4.69) is 16.4 Å². The fourth-order valence-corrected chi connectivity index (χ4v) is 4.17. The third-order valence-electron chi connectivity index (χ3n) is 4.17. The second kappa shape index (κ2) is 8.65. The number of hydrogen-bond donors (Lipinski definition) is 2. The first kappa shape index (κ1) is 20.9. The maximum Gasteiger partial charge on any atom is 0.238 e. The number of rotatable bonds is 7. The number of aryl methyl sites for hydroxylation is 1. The number of nitriles is 1. The molecule has 0 bridgehead atoms. The van der Waals surface area contributed by atoms with E-state index in [1.165, 1.54) is 36.0 Å². The summed E-state index contributed by atoms with van der Waals surface area (Å²) in [7, 11) is -3.78. The van der Waals surface area contributed by atoms with Gasteiger partial charge in [-0.25, -0.2) is 18.5 Å². The van der Waals surface area contributed by atoms with Crippen LogP contribution in [0, 0.1) is 11.3 Å². The van der Waals surface area contributed by atoms with Crippen molar-refractivity contribution in [2.75, 3.05) is 5.32 Å². The predicted molar refractivity (Wildman–Crippen MR) is 112 cm³/mol. The number of nitrogens with zero attached hydrogens (tertiary/aromatic N) is 3. The van der Waals surface area contributed by atoms with Gasteiger partial charge in [0.25, 0.3) is 0 Å². The number of carbonyl (C=O) groups is 1. The van der Waals surface area contributed by atoms with Crippen molar-refractivity contribution in [3.63, 3.8) is 0 Å². The average molecular weight is 430 g/mol. The number of carbonyl (C=O) groups excluding carboxylic acids is 1. The van der Waals surface area contributed by atoms with Crippen LogP contribution in [-0.2, 0) is 21.4 Å². The van der Waals surface area contributed by atoms with Crippen LogP contribution < -0.4 is 10.5 Å². The molecule has 1 unspecified atom stereocenters. The lowest BCUT2D eigenvalue weighted by Gasteiger charge is -2.13. The summed E-state index contributed by atoms with van der Waals surface area (Å²) < 4.78 is 24.6. The molecule has 150 valence electrons. The number of aromatic nitrogens is 2. The third-order valence-corrected chi connectivity index (χ3v) is 6.19. The van der Waals surface area contributed by atoms with Crippen molar-refractivity contribution >= 4 is 44.4 Å². The zero-order valence-electron chi connectivity index (χ0n) is 15.6. The summed E-state index contributed by atoms with van der Waals surface area (Å²) in [6.45, 7) is 2.25. The lowest BCUT2D eigenvalue weighted by atomic mass is 10.3. The summed E-state index contributed by atoms with van der Waals surface area (Å²) in [5.74, 6) is -0.253. The van der Waals surface area contributed by atoms with Crippen molar-refractivity contribution < 1.29 is 13.2 Å². The highest BCUT2D eigenvalue weighted by Crippen LogP contribution is 2.28. The van der Waals surface area contributed by atoms with Gasteiger partial charge in [0.1, 0.15) is 0 Å². The summed E-state index contributed by atoms with van der Waals surface area (Å²) in [6.07, 6.45) is 0.338. The van der Waals surface area contributed by atoms with Crippen LogP contribution >= 0.6 is 11.8 Å². The van der Waals surface area contributed by atoms with Gasteiger partial charge < -0.3 is 9.88 Å². The largest absolute Gasteiger partial charge is 0.325 e. The number of anilines is 1. The number of imidazole rings is 1. The molecule has 0 saturated carbocycles. The molecule has 0 spiro atoms. The molecule has 0 fully saturated rings. The normalized spacial score (nSPS) is 12.4. The van der Waals surface area contributed by atoms with Gasteiger partial charge in [-0.05, 0) is 43.3 Å². The van der Waals surface area contributed by atoms with Crippen LogP contribution in [0.3, 0.4) is 0 Å². The molecule has 0 aliphatic rings. The second-order valence-corrected chi connectivity index (χ2v) is 9.13. The fraction of sp³-hybridized carbons (Fsp3) is 0.211. The number of para-hydroxylation sites is 2. The van der Waals surface area contributed by atoms with Crippen LogP contribution in [0.1, 0.15) is 13.3 Å². The summed E-state index contributed by atoms with van der Waals surface area (Å²) in [5.41, 5.74) is 2.18. The van der Waals surface area contributed by atoms with E-state index in [4.69, 9.17) is 10.4 Å². The second-order valence-electron chi connectivity index (χ2n) is 6.26. The quantitative estimate of drug-likeness (QED) is 0.555. The molecule has 29 heavy (non-hydrogen) atoms. The first-order chi connectivity index (χ1) is 13.8. The summed E-state index contributed by atoms with van der Waals surface area (Å²) in [4.78, 5) is 17.1. The first-order valence-electron chi connectivity index (χ1n) is 8.72. The van der Waals surface area contributed by atoms with Gasteiger partial charge in [-0.15, -0.1) is 0 Å². The molecule has 1 atom stereocenters. The molecule has 3 rings (SSSR count). The molecular formula is C19H19N5O3S2. The average Bonchev–Trinajstić information content (AvgIpc) is 3.03. The standard InChI is InChI=1S/C19H19N5O3S2/c1-13(18(25)22-14-7-9-15(10-8-14)29(21,26)27)28-19-23-16-5-2-3-6-17(16)24(19)12-4-11-20/h2-3,5-10,13H,4,12H2,1H3,(H,22,25)(H2,21,26,27). The van der Waals surface area contributed by atoms with E-state index in [9.17, 15) is 13.2 Å². The highest BCUT2D eigenvalue weighted by molar-refractivity contribution is 8.00. The van der Waals surface area contributed by atoms with Crippen molar-refractivity contribution in [1.29, 1.82) is 5.26 Å². The summed E-state index contributed by atoms with van der Waals surface area (Å²) in [5, 5.41) is 17.0. The highest BCUT2D eigenvalue weighted by atomic mass is 32.2. The summed E-state index contributed by atoms with van der Waals surface area (Å²) in [6, 6.07) is 15.4. The number of thioether (sulfide) groups is 1. The molecule has 0 aliphatic carbocycles. The number of primary sulfonamides is 1. The number of benzene rings is 2. The van der Waals surface area contributed by atoms with Crippen LogP contribution in [-0.4, -0.2) is 29.1 Å². The van der Waals surface area contributed by atoms with Gasteiger partial charge in [0.05, 0.1) is 33.7 Å². The highest BCUT2D eigenvalue weighted by Gasteiger charge is 2.20. The topological polar surface area (TPSA) is 131 Å². The molecule has 3 N–H and O–H groups in total. The van der Waals surface area contributed by atoms with Crippen molar-refractivity contribution in [3.05, 3.63) is 48.5 Å². The number of amides is 1. The van der Waals surface area contributed by atoms with Gasteiger partial charge in [-0.3, -0.25) is 4.79 Å². The van der Waals surface area contributed by atoms with Crippen LogP contribution in [0.2, 0.25) is 0 Å². The Morgan fingerprint density at radius 1 is 1.28 bits per heavy atom. The maximum absolute atomic E-state index is 12.6. The minimum atomic E-state index is -3.78. The van der Waals surface area contributed by atoms with Gasteiger partial charge >= 0.3 is 0 Å². The number of nitrogens with two attached hydrogens (primary N) is 1. The van der Waals surface area contributed by atoms with Crippen molar-refractivity contribution in [2.24, 2.45) is 5.14 Å². The molecule has 10 heteroatoms. The van der Waals surface area contributed by atoms with Crippen LogP contribution in [0.4, 0.5) is 5.69 Å². The maximum atomic E-state index is 12.6. The van der Waals surface area contributed by atoms with Crippen molar-refractivity contribution in [3.8, 4) is 6.07 Å². The van der Waals surface area contributed by atoms with Gasteiger partial charge in [0.2, 0.25) is 15.9 Å². The molecule has 3 aromatic rings. The first-order valence-corrected chi connectivity index (χ1v) is 11.1. The lowest BCUT2D eigenvalue weighted by Crippen LogP contribution is -2.23. The van der Waals surface area contributed by atoms with Gasteiger partial charge in [-0.1, -0.05) is 23.9 Å². The van der Waals surface area contributed by atoms with Crippen LogP contribution in [0.25, 0.3) is 11.0 Å². The zero-order chi connectivity index (χ0) is 21.0. The predicted octanol–water partition coefficient (Wildman–Crippen LogP) is 2.72. The lowest BCUT2D eigenvalue weighted by molar-refractivity contribution is -0.115. The Hall–Kier alpha value is -2.87. The van der Waals surface area contributed by atoms with E-state index in [1.54, 1.807) is 6.92 Å². The Balaban J connectivity index is 1.75. The molecule has 1 aromatic heterocycles. The van der Waals surface area contributed by atoms with Gasteiger partial charge in [0, 0.05) is 12.2 Å². The molecule has 0 aliphatic heterocycles. The third kappa shape index (κ3) is 4.95. The number of sulfonamides is 1. The Bertz CT molecular complexity index is 1180. The zero-order valence-corrected chi connectivity index (χ0v) is 17.2. The van der Waals surface area contributed by atoms with E-state index in [0.29, 0.717) is 23.8 Å². The molecule has 8 nitrogen and oxygen atoms in total. The van der Waals surface area contributed by atoms with Crippen molar-refractivity contribution in [2.45, 2.75) is 35.2 Å². The Labute approximate surface area is 172 Å². The fourth-order valence-electron chi connectivity index (χ4n) is 2.70. The van der Waals surface area contributed by atoms with Crippen LogP contribution in [0.5, 0.6) is 0 Å². The number of hydrogen-bond acceptors (Lipinski definition) is 6. The van der Waals surface area contributed by atoms with E-state index >= 15 is 0 Å². The Kier molecular flexibility index (Phi) is 6.22. The monoisotopic (exact) mass is 429 g/mol. The molecule has 1 amide bonds. The number of fused-ring (bicyclic) bond motifs is 1. The van der Waals surface area contributed by atoms with Crippen LogP contribution in [0.15, 0.2) is 58.6 Å². The van der Waals surface area contributed by atoms with E-state index < -0.39 is 15.3 Å². The van der Waals surface area contributed by atoms with Crippen molar-refractivity contribution in [1.82, 2.24) is 9.55 Å². The van der Waals surface area contributed by atoms with Gasteiger partial charge in [-0.2, -0.15) is 5.26 Å². The Morgan fingerprint density at radius 3 is 2.62 bits per heavy atom.